The van der Waals surface area contributed by atoms with Crippen molar-refractivity contribution < 1.29 is 9.59 Å². The van der Waals surface area contributed by atoms with Gasteiger partial charge in [0.05, 0.1) is 11.4 Å². The molecule has 6 nitrogen and oxygen atoms in total. The minimum absolute atomic E-state index is 0.0840. The first-order valence-corrected chi connectivity index (χ1v) is 15.0. The number of anilines is 2. The van der Waals surface area contributed by atoms with Crippen LogP contribution in [0.25, 0.3) is 22.4 Å². The third-order valence-electron chi connectivity index (χ3n) is 7.35. The summed E-state index contributed by atoms with van der Waals surface area (Å²) in [5, 5.41) is 2.98. The lowest BCUT2D eigenvalue weighted by Gasteiger charge is -2.23. The van der Waals surface area contributed by atoms with Crippen molar-refractivity contribution in [3.8, 4) is 22.4 Å². The first kappa shape index (κ1) is 31.0. The quantitative estimate of drug-likeness (QED) is 0.235. The van der Waals surface area contributed by atoms with E-state index in [-0.39, 0.29) is 11.8 Å². The van der Waals surface area contributed by atoms with Gasteiger partial charge < -0.3 is 14.8 Å². The summed E-state index contributed by atoms with van der Waals surface area (Å²) in [7, 11) is 2.02. The maximum atomic E-state index is 13.7. The smallest absolute Gasteiger partial charge is 0.258 e. The molecular weight excluding hydrogens is 532 g/mol. The molecule has 0 radical (unpaired) electrons. The Morgan fingerprint density at radius 3 is 2.05 bits per heavy atom. The van der Waals surface area contributed by atoms with Crippen molar-refractivity contribution in [2.75, 3.05) is 16.8 Å². The number of nitrogens with zero attached hydrogens (tertiary/aromatic N) is 3. The monoisotopic (exact) mass is 572 g/mol. The molecule has 1 aliphatic rings. The van der Waals surface area contributed by atoms with Gasteiger partial charge in [0.25, 0.3) is 11.8 Å². The van der Waals surface area contributed by atoms with Gasteiger partial charge in [-0.15, -0.1) is 0 Å². The summed E-state index contributed by atoms with van der Waals surface area (Å²) in [5.74, 6) is 0.674. The normalized spacial score (nSPS) is 11.4. The summed E-state index contributed by atoms with van der Waals surface area (Å²) < 4.78 is 2.10. The molecule has 220 valence electrons. The molecular formula is C37H40N4O2. The third kappa shape index (κ3) is 6.44. The van der Waals surface area contributed by atoms with Crippen LogP contribution < -0.4 is 10.2 Å². The van der Waals surface area contributed by atoms with E-state index in [1.54, 1.807) is 24.3 Å². The molecule has 6 heteroatoms. The summed E-state index contributed by atoms with van der Waals surface area (Å²) in [5.41, 5.74) is 7.51. The number of imidazole rings is 1. The van der Waals surface area contributed by atoms with Crippen molar-refractivity contribution in [2.24, 2.45) is 7.05 Å². The van der Waals surface area contributed by atoms with Crippen LogP contribution in [0.5, 0.6) is 0 Å². The predicted molar refractivity (Wildman–Crippen MR) is 178 cm³/mol. The van der Waals surface area contributed by atoms with Gasteiger partial charge >= 0.3 is 0 Å². The van der Waals surface area contributed by atoms with Gasteiger partial charge in [0.15, 0.2) is 0 Å². The van der Waals surface area contributed by atoms with Crippen LogP contribution in [0.15, 0.2) is 103 Å². The van der Waals surface area contributed by atoms with Crippen molar-refractivity contribution in [3.63, 3.8) is 0 Å². The van der Waals surface area contributed by atoms with Gasteiger partial charge in [0, 0.05) is 48.1 Å². The minimum atomic E-state index is -0.199. The van der Waals surface area contributed by atoms with Gasteiger partial charge in [-0.2, -0.15) is 0 Å². The van der Waals surface area contributed by atoms with Gasteiger partial charge in [-0.05, 0) is 54.4 Å². The molecule has 2 amide bonds. The number of benzene rings is 4. The number of carbonyl (C=O) groups excluding carboxylic acids is 2. The molecule has 0 fully saturated rings. The number of para-hydroxylation sites is 1. The Labute approximate surface area is 255 Å². The molecule has 0 atom stereocenters. The van der Waals surface area contributed by atoms with Gasteiger partial charge in [-0.3, -0.25) is 9.59 Å². The molecule has 1 N–H and O–H groups in total. The number of amides is 2. The second-order valence-electron chi connectivity index (χ2n) is 9.68. The summed E-state index contributed by atoms with van der Waals surface area (Å²) in [4.78, 5) is 33.5. The number of fused-ring (bicyclic) bond motifs is 3. The van der Waals surface area contributed by atoms with Crippen molar-refractivity contribution >= 4 is 23.2 Å². The van der Waals surface area contributed by atoms with Crippen LogP contribution in [0.2, 0.25) is 0 Å². The number of nitrogens with one attached hydrogen (secondary N) is 1. The molecule has 4 aromatic carbocycles. The molecule has 0 spiro atoms. The Hall–Kier alpha value is -4.97. The molecule has 43 heavy (non-hydrogen) atoms. The van der Waals surface area contributed by atoms with Crippen LogP contribution in [-0.2, 0) is 13.5 Å². The molecule has 0 aliphatic carbocycles. The summed E-state index contributed by atoms with van der Waals surface area (Å²) >= 11 is 0. The third-order valence-corrected chi connectivity index (χ3v) is 7.35. The Morgan fingerprint density at radius 2 is 1.35 bits per heavy atom. The van der Waals surface area contributed by atoms with Gasteiger partial charge in [0.2, 0.25) is 0 Å². The van der Waals surface area contributed by atoms with E-state index >= 15 is 0 Å². The van der Waals surface area contributed by atoms with E-state index in [9.17, 15) is 9.59 Å². The largest absolute Gasteiger partial charge is 0.335 e. The number of carbonyl (C=O) groups is 2. The first-order chi connectivity index (χ1) is 21.0. The SMILES string of the molecule is CC.CC.Cc1nc2c(n1C)CCN(C(=O)c1ccc(NC(=O)c3ccccc3-c3ccccc3)cc1)c1ccccc1-2. The van der Waals surface area contributed by atoms with Crippen LogP contribution in [0.4, 0.5) is 11.4 Å². The van der Waals surface area contributed by atoms with Crippen LogP contribution in [0, 0.1) is 6.92 Å². The number of aryl methyl sites for hydroxylation is 1. The standard InChI is InChI=1S/C33H28N4O2.2C2H6/c1-22-34-31-28-14-8-9-15-29(28)37(21-20-30(31)36(22)2)33(39)24-16-18-25(19-17-24)35-32(38)27-13-7-6-12-26(27)23-10-4-3-5-11-23;2*1-2/h3-19H,20-21H2,1-2H3,(H,35,38);2*1-2H3. The average molecular weight is 573 g/mol. The lowest BCUT2D eigenvalue weighted by molar-refractivity contribution is 0.0986. The topological polar surface area (TPSA) is 67.2 Å². The maximum absolute atomic E-state index is 13.7. The second kappa shape index (κ2) is 14.3. The number of hydrogen-bond donors (Lipinski definition) is 1. The average Bonchev–Trinajstić information content (AvgIpc) is 3.25. The lowest BCUT2D eigenvalue weighted by atomic mass is 9.99. The molecule has 0 unspecified atom stereocenters. The van der Waals surface area contributed by atoms with Crippen LogP contribution in [0.1, 0.15) is 59.9 Å². The van der Waals surface area contributed by atoms with E-state index in [1.165, 1.54) is 0 Å². The maximum Gasteiger partial charge on any atom is 0.258 e. The fraction of sp³-hybridized carbons (Fsp3) is 0.216. The summed E-state index contributed by atoms with van der Waals surface area (Å²) in [6.07, 6.45) is 0.710. The van der Waals surface area contributed by atoms with E-state index in [4.69, 9.17) is 4.98 Å². The molecule has 0 saturated carbocycles. The van der Waals surface area contributed by atoms with E-state index in [0.29, 0.717) is 29.8 Å². The molecule has 0 bridgehead atoms. The van der Waals surface area contributed by atoms with Gasteiger partial charge in [-0.1, -0.05) is 94.4 Å². The molecule has 1 aromatic heterocycles. The number of aromatic nitrogens is 2. The lowest BCUT2D eigenvalue weighted by Crippen LogP contribution is -2.32. The number of rotatable bonds is 4. The van der Waals surface area contributed by atoms with E-state index in [0.717, 1.165) is 39.6 Å². The second-order valence-corrected chi connectivity index (χ2v) is 9.68. The van der Waals surface area contributed by atoms with Gasteiger partial charge in [-0.25, -0.2) is 4.98 Å². The highest BCUT2D eigenvalue weighted by atomic mass is 16.2. The highest BCUT2D eigenvalue weighted by Crippen LogP contribution is 2.36. The molecule has 1 aliphatic heterocycles. The summed E-state index contributed by atoms with van der Waals surface area (Å²) in [6, 6.07) is 32.4. The molecule has 2 heterocycles. The fourth-order valence-electron chi connectivity index (χ4n) is 5.22. The Morgan fingerprint density at radius 1 is 0.744 bits per heavy atom. The van der Waals surface area contributed by atoms with Crippen molar-refractivity contribution in [3.05, 3.63) is 126 Å². The zero-order valence-electron chi connectivity index (χ0n) is 25.9. The highest BCUT2D eigenvalue weighted by Gasteiger charge is 2.28. The first-order valence-electron chi connectivity index (χ1n) is 15.0. The van der Waals surface area contributed by atoms with Crippen molar-refractivity contribution in [1.82, 2.24) is 9.55 Å². The summed E-state index contributed by atoms with van der Waals surface area (Å²) in [6.45, 7) is 10.6. The zero-order valence-corrected chi connectivity index (χ0v) is 25.9. The minimum Gasteiger partial charge on any atom is -0.335 e. The van der Waals surface area contributed by atoms with Crippen LogP contribution in [0.3, 0.4) is 0 Å². The van der Waals surface area contributed by atoms with Crippen LogP contribution in [-0.4, -0.2) is 27.9 Å². The molecule has 6 rings (SSSR count). The van der Waals surface area contributed by atoms with Crippen LogP contribution >= 0.6 is 0 Å². The van der Waals surface area contributed by atoms with Crippen molar-refractivity contribution in [2.45, 2.75) is 41.0 Å². The predicted octanol–water partition coefficient (Wildman–Crippen LogP) is 8.57. The molecule has 0 saturated heterocycles. The Kier molecular flexibility index (Phi) is 10.3. The van der Waals surface area contributed by atoms with E-state index < -0.39 is 0 Å². The van der Waals surface area contributed by atoms with E-state index in [1.807, 2.05) is 125 Å². The molecule has 5 aromatic rings. The Bertz CT molecular complexity index is 1690. The zero-order chi connectivity index (χ0) is 30.9. The van der Waals surface area contributed by atoms with E-state index in [2.05, 4.69) is 9.88 Å². The Balaban J connectivity index is 0.00000102. The highest BCUT2D eigenvalue weighted by molar-refractivity contribution is 6.10. The number of hydrogen-bond acceptors (Lipinski definition) is 3. The fourth-order valence-corrected chi connectivity index (χ4v) is 5.22. The van der Waals surface area contributed by atoms with Crippen molar-refractivity contribution in [1.29, 1.82) is 0 Å². The van der Waals surface area contributed by atoms with Gasteiger partial charge in [0.1, 0.15) is 5.82 Å².